The Balaban J connectivity index is 2.84. The summed E-state index contributed by atoms with van der Waals surface area (Å²) in [7, 11) is 2.11. The Morgan fingerprint density at radius 3 is 2.61 bits per heavy atom. The molecule has 0 radical (unpaired) electrons. The summed E-state index contributed by atoms with van der Waals surface area (Å²) in [6.07, 6.45) is 1.17. The first kappa shape index (κ1) is 16.0. The fraction of sp³-hybridized carbons (Fsp3) is 0.571. The van der Waals surface area contributed by atoms with Crippen molar-refractivity contribution < 1.29 is 0 Å². The van der Waals surface area contributed by atoms with E-state index in [1.165, 1.54) is 6.42 Å². The third-order valence-corrected chi connectivity index (χ3v) is 3.97. The fourth-order valence-electron chi connectivity index (χ4n) is 1.93. The van der Waals surface area contributed by atoms with Crippen LogP contribution in [0.5, 0.6) is 0 Å². The highest BCUT2D eigenvalue weighted by Crippen LogP contribution is 2.29. The predicted molar refractivity (Wildman–Crippen MR) is 83.0 cm³/mol. The summed E-state index contributed by atoms with van der Waals surface area (Å²) in [5.41, 5.74) is 7.01. The normalized spacial score (nSPS) is 13.3. The molecule has 0 fully saturated rings. The van der Waals surface area contributed by atoms with Gasteiger partial charge in [-0.3, -0.25) is 4.90 Å². The van der Waals surface area contributed by atoms with E-state index in [4.69, 9.17) is 17.3 Å². The van der Waals surface area contributed by atoms with Gasteiger partial charge >= 0.3 is 0 Å². The lowest BCUT2D eigenvalue weighted by Gasteiger charge is -2.28. The van der Waals surface area contributed by atoms with Crippen molar-refractivity contribution in [1.82, 2.24) is 4.90 Å². The molecule has 0 aliphatic rings. The van der Waals surface area contributed by atoms with Crippen LogP contribution in [0, 0.1) is 5.92 Å². The molecule has 0 amide bonds. The summed E-state index contributed by atoms with van der Waals surface area (Å²) in [5.74, 6) is 0.698. The third-order valence-electron chi connectivity index (χ3n) is 3.13. The molecule has 4 heteroatoms. The summed E-state index contributed by atoms with van der Waals surface area (Å²) in [6.45, 7) is 6.07. The zero-order valence-electron chi connectivity index (χ0n) is 11.3. The quantitative estimate of drug-likeness (QED) is 0.850. The maximum absolute atomic E-state index is 6.27. The van der Waals surface area contributed by atoms with Gasteiger partial charge in [-0.05, 0) is 49.7 Å². The number of halogens is 2. The first-order valence-corrected chi connectivity index (χ1v) is 7.48. The van der Waals surface area contributed by atoms with E-state index in [1.54, 1.807) is 0 Å². The van der Waals surface area contributed by atoms with Crippen LogP contribution in [0.25, 0.3) is 0 Å². The monoisotopic (exact) mass is 332 g/mol. The topological polar surface area (TPSA) is 29.3 Å². The van der Waals surface area contributed by atoms with E-state index in [-0.39, 0.29) is 6.04 Å². The van der Waals surface area contributed by atoms with E-state index < -0.39 is 0 Å². The Kier molecular flexibility index (Phi) is 6.64. The number of rotatable bonds is 6. The van der Waals surface area contributed by atoms with Crippen molar-refractivity contribution in [2.45, 2.75) is 26.3 Å². The summed E-state index contributed by atoms with van der Waals surface area (Å²) in [6, 6.07) is 6.10. The van der Waals surface area contributed by atoms with Gasteiger partial charge in [-0.2, -0.15) is 0 Å². The molecule has 1 aromatic rings. The lowest BCUT2D eigenvalue weighted by atomic mass is 10.0. The van der Waals surface area contributed by atoms with Crippen molar-refractivity contribution in [3.05, 3.63) is 33.3 Å². The average molecular weight is 334 g/mol. The Morgan fingerprint density at radius 2 is 2.06 bits per heavy atom. The van der Waals surface area contributed by atoms with Crippen molar-refractivity contribution in [2.75, 3.05) is 20.1 Å². The molecule has 1 atom stereocenters. The number of benzene rings is 1. The number of nitrogens with zero attached hydrogens (tertiary/aromatic N) is 1. The fourth-order valence-corrected chi connectivity index (χ4v) is 2.55. The largest absolute Gasteiger partial charge is 0.329 e. The standard InChI is InChI=1S/C14H22BrClN2/c1-10(2)6-7-18(3)14(9-17)12-8-11(15)4-5-13(12)16/h4-5,8,10,14H,6-7,9,17H2,1-3H3. The van der Waals surface area contributed by atoms with Crippen LogP contribution in [-0.2, 0) is 0 Å². The molecule has 0 saturated carbocycles. The summed E-state index contributed by atoms with van der Waals surface area (Å²) in [5, 5.41) is 0.782. The molecule has 2 nitrogen and oxygen atoms in total. The Bertz CT molecular complexity index is 382. The van der Waals surface area contributed by atoms with Crippen molar-refractivity contribution in [2.24, 2.45) is 11.7 Å². The summed E-state index contributed by atoms with van der Waals surface area (Å²) in [4.78, 5) is 2.29. The minimum atomic E-state index is 0.175. The predicted octanol–water partition coefficient (Wildman–Crippen LogP) is 4.08. The molecule has 0 aliphatic carbocycles. The van der Waals surface area contributed by atoms with Crippen LogP contribution in [0.2, 0.25) is 5.02 Å². The summed E-state index contributed by atoms with van der Waals surface area (Å²) < 4.78 is 1.04. The maximum atomic E-state index is 6.27. The van der Waals surface area contributed by atoms with E-state index >= 15 is 0 Å². The van der Waals surface area contributed by atoms with Crippen molar-refractivity contribution in [1.29, 1.82) is 0 Å². The molecule has 0 aromatic heterocycles. The van der Waals surface area contributed by atoms with Gasteiger partial charge in [0.2, 0.25) is 0 Å². The van der Waals surface area contributed by atoms with Crippen LogP contribution in [0.15, 0.2) is 22.7 Å². The van der Waals surface area contributed by atoms with Gasteiger partial charge in [-0.15, -0.1) is 0 Å². The molecule has 1 aromatic carbocycles. The molecule has 0 aliphatic heterocycles. The third kappa shape index (κ3) is 4.54. The SMILES string of the molecule is CC(C)CCN(C)C(CN)c1cc(Br)ccc1Cl. The molecule has 1 rings (SSSR count). The molecular weight excluding hydrogens is 312 g/mol. The maximum Gasteiger partial charge on any atom is 0.0482 e. The molecule has 0 spiro atoms. The van der Waals surface area contributed by atoms with Crippen molar-refractivity contribution >= 4 is 27.5 Å². The second kappa shape index (κ2) is 7.49. The van der Waals surface area contributed by atoms with Crippen LogP contribution in [0.1, 0.15) is 31.9 Å². The lowest BCUT2D eigenvalue weighted by molar-refractivity contribution is 0.236. The average Bonchev–Trinajstić information content (AvgIpc) is 2.32. The minimum absolute atomic E-state index is 0.175. The second-order valence-electron chi connectivity index (χ2n) is 5.08. The van der Waals surface area contributed by atoms with E-state index in [2.05, 4.69) is 47.8 Å². The molecule has 2 N–H and O–H groups in total. The Morgan fingerprint density at radius 1 is 1.39 bits per heavy atom. The summed E-state index contributed by atoms with van der Waals surface area (Å²) >= 11 is 9.76. The van der Waals surface area contributed by atoms with Crippen LogP contribution in [0.4, 0.5) is 0 Å². The van der Waals surface area contributed by atoms with Gasteiger partial charge in [0.05, 0.1) is 0 Å². The van der Waals surface area contributed by atoms with Crippen LogP contribution < -0.4 is 5.73 Å². The van der Waals surface area contributed by atoms with Gasteiger partial charge < -0.3 is 5.73 Å². The van der Waals surface area contributed by atoms with Crippen molar-refractivity contribution in [3.63, 3.8) is 0 Å². The lowest BCUT2D eigenvalue weighted by Crippen LogP contribution is -2.32. The van der Waals surface area contributed by atoms with Gasteiger partial charge in [-0.1, -0.05) is 41.4 Å². The highest BCUT2D eigenvalue weighted by atomic mass is 79.9. The van der Waals surface area contributed by atoms with Gasteiger partial charge in [0.1, 0.15) is 0 Å². The van der Waals surface area contributed by atoms with Gasteiger partial charge in [-0.25, -0.2) is 0 Å². The molecule has 0 heterocycles. The molecule has 102 valence electrons. The van der Waals surface area contributed by atoms with E-state index in [0.717, 1.165) is 21.6 Å². The zero-order chi connectivity index (χ0) is 13.7. The van der Waals surface area contributed by atoms with Crippen LogP contribution in [0.3, 0.4) is 0 Å². The van der Waals surface area contributed by atoms with Gasteiger partial charge in [0.25, 0.3) is 0 Å². The highest BCUT2D eigenvalue weighted by Gasteiger charge is 2.18. The first-order chi connectivity index (χ1) is 8.45. The number of likely N-dealkylation sites (N-methyl/N-ethyl adjacent to an activating group) is 1. The van der Waals surface area contributed by atoms with E-state index in [1.807, 2.05) is 12.1 Å². The number of nitrogens with two attached hydrogens (primary N) is 1. The Hall–Kier alpha value is -0.0900. The Labute approximate surface area is 124 Å². The van der Waals surface area contributed by atoms with Gasteiger partial charge in [0, 0.05) is 22.1 Å². The number of hydrogen-bond donors (Lipinski definition) is 1. The van der Waals surface area contributed by atoms with E-state index in [9.17, 15) is 0 Å². The van der Waals surface area contributed by atoms with Crippen LogP contribution in [-0.4, -0.2) is 25.0 Å². The molecule has 18 heavy (non-hydrogen) atoms. The first-order valence-electron chi connectivity index (χ1n) is 6.31. The number of hydrogen-bond acceptors (Lipinski definition) is 2. The molecule has 1 unspecified atom stereocenters. The molecule has 0 saturated heterocycles. The molecular formula is C14H22BrClN2. The minimum Gasteiger partial charge on any atom is -0.329 e. The van der Waals surface area contributed by atoms with Crippen LogP contribution >= 0.6 is 27.5 Å². The van der Waals surface area contributed by atoms with E-state index in [0.29, 0.717) is 12.5 Å². The van der Waals surface area contributed by atoms with Crippen molar-refractivity contribution in [3.8, 4) is 0 Å². The molecule has 0 bridgehead atoms. The smallest absolute Gasteiger partial charge is 0.0482 e. The van der Waals surface area contributed by atoms with Gasteiger partial charge in [0.15, 0.2) is 0 Å². The highest BCUT2D eigenvalue weighted by molar-refractivity contribution is 9.10. The zero-order valence-corrected chi connectivity index (χ0v) is 13.6. The second-order valence-corrected chi connectivity index (χ2v) is 6.40.